The number of aryl methyl sites for hydroxylation is 1. The molecule has 2 rings (SSSR count). The van der Waals surface area contributed by atoms with Crippen molar-refractivity contribution in [3.05, 3.63) is 29.6 Å². The minimum absolute atomic E-state index is 0.0391. The summed E-state index contributed by atoms with van der Waals surface area (Å²) in [6.07, 6.45) is 0. The van der Waals surface area contributed by atoms with Crippen molar-refractivity contribution in [2.24, 2.45) is 0 Å². The number of aromatic nitrogens is 2. The summed E-state index contributed by atoms with van der Waals surface area (Å²) in [4.78, 5) is 3.56. The highest BCUT2D eigenvalue weighted by Gasteiger charge is 2.20. The van der Waals surface area contributed by atoms with E-state index in [0.717, 1.165) is 0 Å². The Kier molecular flexibility index (Phi) is 3.10. The maximum atomic E-state index is 12.0. The predicted octanol–water partition coefficient (Wildman–Crippen LogP) is 0.633. The summed E-state index contributed by atoms with van der Waals surface area (Å²) in [5.74, 6) is 0.297. The summed E-state index contributed by atoms with van der Waals surface area (Å²) >= 11 is 0. The van der Waals surface area contributed by atoms with E-state index in [1.807, 2.05) is 6.07 Å². The molecule has 9 heteroatoms. The van der Waals surface area contributed by atoms with Crippen molar-refractivity contribution in [2.75, 3.05) is 10.5 Å². The quantitative estimate of drug-likeness (QED) is 0.786. The number of nitrogens with two attached hydrogens (primary N) is 1. The van der Waals surface area contributed by atoms with Gasteiger partial charge in [0.15, 0.2) is 5.82 Å². The van der Waals surface area contributed by atoms with Crippen molar-refractivity contribution in [1.82, 2.24) is 10.1 Å². The molecule has 98 valence electrons. The van der Waals surface area contributed by atoms with Gasteiger partial charge in [-0.2, -0.15) is 10.2 Å². The van der Waals surface area contributed by atoms with E-state index in [0.29, 0.717) is 5.82 Å². The van der Waals surface area contributed by atoms with Crippen LogP contribution in [0.3, 0.4) is 0 Å². The normalized spacial score (nSPS) is 10.9. The first-order chi connectivity index (χ1) is 8.92. The molecule has 19 heavy (non-hydrogen) atoms. The van der Waals surface area contributed by atoms with Crippen LogP contribution in [0, 0.1) is 18.3 Å². The molecule has 0 unspecified atom stereocenters. The average molecular weight is 279 g/mol. The summed E-state index contributed by atoms with van der Waals surface area (Å²) in [5.41, 5.74) is 5.83. The first kappa shape index (κ1) is 12.8. The molecule has 0 aliphatic carbocycles. The smallest absolute Gasteiger partial charge is 0.335 e. The summed E-state index contributed by atoms with van der Waals surface area (Å²) in [6.45, 7) is 1.55. The van der Waals surface area contributed by atoms with Crippen LogP contribution in [0.15, 0.2) is 27.6 Å². The molecule has 0 radical (unpaired) electrons. The van der Waals surface area contributed by atoms with Crippen LogP contribution in [0.1, 0.15) is 11.4 Å². The second-order valence-corrected chi connectivity index (χ2v) is 5.27. The van der Waals surface area contributed by atoms with Crippen LogP contribution in [0.4, 0.5) is 11.7 Å². The number of nitrogens with one attached hydrogen (secondary N) is 1. The Hall–Kier alpha value is -2.60. The molecule has 1 aromatic heterocycles. The Morgan fingerprint density at radius 1 is 1.47 bits per heavy atom. The number of rotatable bonds is 3. The first-order valence-corrected chi connectivity index (χ1v) is 6.53. The lowest BCUT2D eigenvalue weighted by molar-refractivity contribution is 0.429. The lowest BCUT2D eigenvalue weighted by Gasteiger charge is -2.06. The lowest BCUT2D eigenvalue weighted by atomic mass is 10.2. The van der Waals surface area contributed by atoms with Crippen molar-refractivity contribution in [2.45, 2.75) is 11.8 Å². The van der Waals surface area contributed by atoms with E-state index in [2.05, 4.69) is 19.4 Å². The number of nitriles is 1. The lowest BCUT2D eigenvalue weighted by Crippen LogP contribution is -2.15. The van der Waals surface area contributed by atoms with E-state index in [1.165, 1.54) is 18.2 Å². The highest BCUT2D eigenvalue weighted by molar-refractivity contribution is 7.92. The fraction of sp³-hybridized carbons (Fsp3) is 0.100. The zero-order valence-corrected chi connectivity index (χ0v) is 10.6. The third-order valence-electron chi connectivity index (χ3n) is 2.18. The SMILES string of the molecule is Cc1noc(NS(=O)(=O)c2ccc(C#N)cc2N)n1. The van der Waals surface area contributed by atoms with E-state index in [4.69, 9.17) is 11.0 Å². The van der Waals surface area contributed by atoms with Crippen LogP contribution in [-0.2, 0) is 10.0 Å². The van der Waals surface area contributed by atoms with E-state index in [9.17, 15) is 8.42 Å². The van der Waals surface area contributed by atoms with Gasteiger partial charge in [-0.05, 0) is 25.1 Å². The zero-order valence-electron chi connectivity index (χ0n) is 9.78. The summed E-state index contributed by atoms with van der Waals surface area (Å²) < 4.78 is 30.8. The molecule has 0 aliphatic rings. The first-order valence-electron chi connectivity index (χ1n) is 5.05. The van der Waals surface area contributed by atoms with Gasteiger partial charge in [-0.1, -0.05) is 5.16 Å². The Morgan fingerprint density at radius 2 is 2.21 bits per heavy atom. The molecule has 0 saturated heterocycles. The molecule has 0 saturated carbocycles. The zero-order chi connectivity index (χ0) is 14.0. The number of nitrogen functional groups attached to an aromatic ring is 1. The standard InChI is InChI=1S/C10H9N5O3S/c1-6-13-10(18-14-6)15-19(16,17)9-3-2-7(5-11)4-8(9)12/h2-4H,12H2,1H3,(H,13,14,15). The van der Waals surface area contributed by atoms with Gasteiger partial charge in [-0.3, -0.25) is 0 Å². The molecule has 0 atom stereocenters. The maximum absolute atomic E-state index is 12.0. The minimum Gasteiger partial charge on any atom is -0.398 e. The number of nitrogens with zero attached hydrogens (tertiary/aromatic N) is 3. The van der Waals surface area contributed by atoms with Crippen molar-refractivity contribution in [3.63, 3.8) is 0 Å². The fourth-order valence-electron chi connectivity index (χ4n) is 1.37. The Labute approximate surface area is 108 Å². The summed E-state index contributed by atoms with van der Waals surface area (Å²) in [5, 5.41) is 12.1. The fourth-order valence-corrected chi connectivity index (χ4v) is 2.41. The van der Waals surface area contributed by atoms with Crippen molar-refractivity contribution in [1.29, 1.82) is 5.26 Å². The number of hydrogen-bond donors (Lipinski definition) is 2. The van der Waals surface area contributed by atoms with Gasteiger partial charge in [-0.15, -0.1) is 0 Å². The summed E-state index contributed by atoms with van der Waals surface area (Å²) in [6, 6.07) is 5.47. The molecule has 0 spiro atoms. The van der Waals surface area contributed by atoms with Gasteiger partial charge >= 0.3 is 6.01 Å². The molecule has 3 N–H and O–H groups in total. The molecule has 0 aliphatic heterocycles. The van der Waals surface area contributed by atoms with Crippen molar-refractivity contribution < 1.29 is 12.9 Å². The van der Waals surface area contributed by atoms with Gasteiger partial charge in [0.1, 0.15) is 4.90 Å². The van der Waals surface area contributed by atoms with Crippen molar-refractivity contribution >= 4 is 21.7 Å². The van der Waals surface area contributed by atoms with Crippen LogP contribution >= 0.6 is 0 Å². The number of sulfonamides is 1. The van der Waals surface area contributed by atoms with E-state index < -0.39 is 10.0 Å². The Balaban J connectivity index is 2.37. The highest BCUT2D eigenvalue weighted by atomic mass is 32.2. The van der Waals surface area contributed by atoms with Gasteiger partial charge < -0.3 is 10.3 Å². The van der Waals surface area contributed by atoms with Gasteiger partial charge in [0.05, 0.1) is 17.3 Å². The second-order valence-electron chi connectivity index (χ2n) is 3.62. The summed E-state index contributed by atoms with van der Waals surface area (Å²) in [7, 11) is -3.94. The van der Waals surface area contributed by atoms with Crippen LogP contribution in [-0.4, -0.2) is 18.6 Å². The molecule has 2 aromatic rings. The average Bonchev–Trinajstić information content (AvgIpc) is 2.73. The Bertz CT molecular complexity index is 760. The van der Waals surface area contributed by atoms with Crippen LogP contribution in [0.25, 0.3) is 0 Å². The topological polar surface area (TPSA) is 135 Å². The molecule has 1 heterocycles. The van der Waals surface area contributed by atoms with Gasteiger partial charge in [0.25, 0.3) is 10.0 Å². The number of hydrogen-bond acceptors (Lipinski definition) is 7. The van der Waals surface area contributed by atoms with Gasteiger partial charge in [0.2, 0.25) is 0 Å². The molecule has 8 nitrogen and oxygen atoms in total. The van der Waals surface area contributed by atoms with Crippen LogP contribution < -0.4 is 10.5 Å². The highest BCUT2D eigenvalue weighted by Crippen LogP contribution is 2.21. The Morgan fingerprint density at radius 3 is 2.74 bits per heavy atom. The third kappa shape index (κ3) is 2.63. The number of anilines is 2. The predicted molar refractivity (Wildman–Crippen MR) is 65.4 cm³/mol. The van der Waals surface area contributed by atoms with Gasteiger partial charge in [0, 0.05) is 0 Å². The van der Waals surface area contributed by atoms with E-state index in [-0.39, 0.29) is 22.2 Å². The van der Waals surface area contributed by atoms with Gasteiger partial charge in [-0.25, -0.2) is 13.1 Å². The molecular formula is C10H9N5O3S. The molecule has 0 bridgehead atoms. The van der Waals surface area contributed by atoms with Crippen LogP contribution in [0.2, 0.25) is 0 Å². The number of benzene rings is 1. The second kappa shape index (κ2) is 4.58. The molecule has 0 fully saturated rings. The largest absolute Gasteiger partial charge is 0.398 e. The molecule has 0 amide bonds. The van der Waals surface area contributed by atoms with E-state index in [1.54, 1.807) is 6.92 Å². The van der Waals surface area contributed by atoms with Crippen molar-refractivity contribution in [3.8, 4) is 6.07 Å². The van der Waals surface area contributed by atoms with E-state index >= 15 is 0 Å². The molecule has 1 aromatic carbocycles. The monoisotopic (exact) mass is 279 g/mol. The third-order valence-corrected chi connectivity index (χ3v) is 3.57. The minimum atomic E-state index is -3.94. The maximum Gasteiger partial charge on any atom is 0.335 e. The molecular weight excluding hydrogens is 270 g/mol. The van der Waals surface area contributed by atoms with Crippen LogP contribution in [0.5, 0.6) is 0 Å².